The van der Waals surface area contributed by atoms with E-state index in [0.29, 0.717) is 42.7 Å². The van der Waals surface area contributed by atoms with E-state index in [0.717, 1.165) is 87.0 Å². The van der Waals surface area contributed by atoms with Crippen LogP contribution in [0.15, 0.2) is 89.5 Å². The minimum Gasteiger partial charge on any atom is -0.487 e. The van der Waals surface area contributed by atoms with Crippen molar-refractivity contribution in [3.8, 4) is 11.6 Å². The van der Waals surface area contributed by atoms with Crippen molar-refractivity contribution in [2.75, 3.05) is 75.5 Å². The van der Waals surface area contributed by atoms with Gasteiger partial charge in [0.1, 0.15) is 17.9 Å². The van der Waals surface area contributed by atoms with Crippen LogP contribution in [-0.4, -0.2) is 99.8 Å². The summed E-state index contributed by atoms with van der Waals surface area (Å²) in [5.41, 5.74) is 6.56. The van der Waals surface area contributed by atoms with Crippen LogP contribution in [0.25, 0.3) is 16.6 Å². The van der Waals surface area contributed by atoms with Crippen LogP contribution in [0, 0.1) is 21.4 Å². The zero-order chi connectivity index (χ0) is 44.6. The number of pyridine rings is 1. The number of benzene rings is 3. The Bertz CT molecular complexity index is 2710. The Morgan fingerprint density at radius 3 is 2.53 bits per heavy atom. The number of carbonyl (C=O) groups excluding carboxylic acids is 1. The maximum atomic E-state index is 14.3. The smallest absolute Gasteiger partial charge is 0.312 e. The first-order valence-corrected chi connectivity index (χ1v) is 23.7. The zero-order valence-electron chi connectivity index (χ0n) is 36.0. The lowest BCUT2D eigenvalue weighted by Crippen LogP contribution is -2.47. The molecule has 0 unspecified atom stereocenters. The van der Waals surface area contributed by atoms with Gasteiger partial charge in [-0.15, -0.1) is 0 Å². The summed E-state index contributed by atoms with van der Waals surface area (Å²) in [5.74, 6) is -0.395. The molecule has 5 heterocycles. The lowest BCUT2D eigenvalue weighted by atomic mass is 9.72. The van der Waals surface area contributed by atoms with Gasteiger partial charge < -0.3 is 29.0 Å². The molecule has 336 valence electrons. The van der Waals surface area contributed by atoms with Crippen LogP contribution in [0.4, 0.5) is 22.7 Å². The third kappa shape index (κ3) is 9.41. The lowest BCUT2D eigenvalue weighted by Gasteiger charge is -2.39. The molecule has 9 rings (SSSR count). The molecule has 0 spiro atoms. The van der Waals surface area contributed by atoms with Gasteiger partial charge in [0.2, 0.25) is 5.88 Å². The van der Waals surface area contributed by atoms with Gasteiger partial charge in [0.05, 0.1) is 34.2 Å². The number of rotatable bonds is 12. The van der Waals surface area contributed by atoms with Gasteiger partial charge in [-0.1, -0.05) is 43.2 Å². The molecule has 1 amide bonds. The predicted octanol–water partition coefficient (Wildman–Crippen LogP) is 8.37. The number of piperazine rings is 1. The molecule has 1 aliphatic carbocycles. The van der Waals surface area contributed by atoms with Crippen LogP contribution in [-0.2, 0) is 14.8 Å². The standard InChI is InChI=1S/C47H52ClN7O8S/c1-47(2)15-11-34(39(28-47)32-3-5-35(48)6-4-32)29-52-17-19-53(20-18-52)36-7-9-38(40(26-36)54-21-24-62-46-42(54)25-33-12-16-49-44(33)50-46)45(56)51-64(59,60)37-8-10-43(41(27-37)55(57)58)63-30-31-13-22-61-23-14-31/h3-10,12,16,25-27,31H,11,13-15,17-24,28-30H2,1-2H3,(H,49,50)(H,51,56). The molecule has 3 aliphatic heterocycles. The number of hydrogen-bond donors (Lipinski definition) is 2. The predicted molar refractivity (Wildman–Crippen MR) is 246 cm³/mol. The monoisotopic (exact) mass is 909 g/mol. The number of carbonyl (C=O) groups is 1. The highest BCUT2D eigenvalue weighted by atomic mass is 35.5. The van der Waals surface area contributed by atoms with E-state index in [-0.39, 0.29) is 35.9 Å². The Labute approximate surface area is 377 Å². The fourth-order valence-corrected chi connectivity index (χ4v) is 10.3. The number of anilines is 3. The molecular formula is C47H52ClN7O8S. The number of halogens is 1. The molecule has 4 aliphatic rings. The molecule has 3 aromatic carbocycles. The van der Waals surface area contributed by atoms with Crippen LogP contribution in [0.1, 0.15) is 61.9 Å². The third-order valence-corrected chi connectivity index (χ3v) is 14.4. The van der Waals surface area contributed by atoms with E-state index in [9.17, 15) is 23.3 Å². The van der Waals surface area contributed by atoms with Crippen molar-refractivity contribution in [2.24, 2.45) is 11.3 Å². The Morgan fingerprint density at radius 1 is 0.984 bits per heavy atom. The summed E-state index contributed by atoms with van der Waals surface area (Å²) in [7, 11) is -4.59. The summed E-state index contributed by atoms with van der Waals surface area (Å²) in [4.78, 5) is 39.8. The zero-order valence-corrected chi connectivity index (χ0v) is 37.6. The van der Waals surface area contributed by atoms with Gasteiger partial charge in [0.15, 0.2) is 5.75 Å². The quantitative estimate of drug-likeness (QED) is 0.0907. The summed E-state index contributed by atoms with van der Waals surface area (Å²) < 4.78 is 47.1. The van der Waals surface area contributed by atoms with E-state index in [2.05, 4.69) is 50.5 Å². The highest BCUT2D eigenvalue weighted by molar-refractivity contribution is 7.90. The fraction of sp³-hybridized carbons (Fsp3) is 0.404. The Hall–Kier alpha value is -5.68. The Balaban J connectivity index is 0.975. The molecule has 15 nitrogen and oxygen atoms in total. The molecular weight excluding hydrogens is 858 g/mol. The van der Waals surface area contributed by atoms with E-state index in [1.54, 1.807) is 12.3 Å². The lowest BCUT2D eigenvalue weighted by molar-refractivity contribution is -0.386. The summed E-state index contributed by atoms with van der Waals surface area (Å²) in [6.45, 7) is 10.8. The second-order valence-electron chi connectivity index (χ2n) is 17.8. The van der Waals surface area contributed by atoms with Crippen molar-refractivity contribution in [3.63, 3.8) is 0 Å². The topological polar surface area (TPSA) is 172 Å². The molecule has 0 atom stereocenters. The average molecular weight is 910 g/mol. The van der Waals surface area contributed by atoms with Gasteiger partial charge in [-0.25, -0.2) is 13.1 Å². The molecule has 0 radical (unpaired) electrons. The first-order valence-electron chi connectivity index (χ1n) is 21.8. The molecule has 2 fully saturated rings. The van der Waals surface area contributed by atoms with Gasteiger partial charge in [-0.3, -0.25) is 19.8 Å². The first-order chi connectivity index (χ1) is 30.8. The van der Waals surface area contributed by atoms with Crippen molar-refractivity contribution in [2.45, 2.75) is 50.8 Å². The number of ether oxygens (including phenoxy) is 3. The number of amides is 1. The average Bonchev–Trinajstić information content (AvgIpc) is 3.76. The fourth-order valence-electron chi connectivity index (χ4n) is 9.17. The largest absolute Gasteiger partial charge is 0.487 e. The molecule has 64 heavy (non-hydrogen) atoms. The van der Waals surface area contributed by atoms with Crippen molar-refractivity contribution in [1.29, 1.82) is 0 Å². The van der Waals surface area contributed by atoms with Crippen molar-refractivity contribution in [1.82, 2.24) is 19.6 Å². The number of sulfonamides is 1. The van der Waals surface area contributed by atoms with Crippen LogP contribution < -0.4 is 24.0 Å². The number of hydrogen-bond acceptors (Lipinski definition) is 12. The van der Waals surface area contributed by atoms with Crippen LogP contribution in [0.5, 0.6) is 11.6 Å². The molecule has 2 N–H and O–H groups in total. The Morgan fingerprint density at radius 2 is 1.77 bits per heavy atom. The number of nitrogens with zero attached hydrogens (tertiary/aromatic N) is 5. The van der Waals surface area contributed by atoms with Gasteiger partial charge in [-0.2, -0.15) is 4.98 Å². The first kappa shape index (κ1) is 43.6. The van der Waals surface area contributed by atoms with Gasteiger partial charge >= 0.3 is 5.69 Å². The number of aromatic nitrogens is 2. The molecule has 0 saturated carbocycles. The van der Waals surface area contributed by atoms with Crippen molar-refractivity contribution < 1.29 is 32.3 Å². The van der Waals surface area contributed by atoms with Crippen molar-refractivity contribution >= 4 is 66.9 Å². The number of allylic oxidation sites excluding steroid dienone is 1. The third-order valence-electron chi connectivity index (χ3n) is 12.9. The van der Waals surface area contributed by atoms with Gasteiger partial charge in [-0.05, 0) is 109 Å². The number of nitrogens with one attached hydrogen (secondary N) is 2. The molecule has 5 aromatic rings. The van der Waals surface area contributed by atoms with Gasteiger partial charge in [0.25, 0.3) is 15.9 Å². The second kappa shape index (κ2) is 18.1. The highest BCUT2D eigenvalue weighted by Gasteiger charge is 2.32. The van der Waals surface area contributed by atoms with E-state index >= 15 is 0 Å². The minimum absolute atomic E-state index is 0.0468. The molecule has 17 heteroatoms. The van der Waals surface area contributed by atoms with Gasteiger partial charge in [0, 0.05) is 74.3 Å². The normalized spacial score (nSPS) is 18.4. The van der Waals surface area contributed by atoms with E-state index in [4.69, 9.17) is 25.8 Å². The summed E-state index contributed by atoms with van der Waals surface area (Å²) in [5, 5.41) is 13.7. The number of nitro groups is 1. The SMILES string of the molecule is CC1(C)CCC(CN2CCN(c3ccc(C(=O)NS(=O)(=O)c4ccc(OCC5CCOCC5)c([N+](=O)[O-])c4)c(N4CCOc5nc6[nH]ccc6cc54)c3)CC2)=C(c2ccc(Cl)cc2)C1. The molecule has 2 saturated heterocycles. The van der Waals surface area contributed by atoms with Crippen LogP contribution in [0.2, 0.25) is 5.02 Å². The number of aromatic amines is 1. The van der Waals surface area contributed by atoms with Crippen LogP contribution >= 0.6 is 11.6 Å². The number of nitro benzene ring substituents is 1. The maximum absolute atomic E-state index is 14.3. The number of H-pyrrole nitrogens is 1. The Kier molecular flexibility index (Phi) is 12.3. The highest BCUT2D eigenvalue weighted by Crippen LogP contribution is 2.44. The summed E-state index contributed by atoms with van der Waals surface area (Å²) in [6.07, 6.45) is 6.52. The van der Waals surface area contributed by atoms with E-state index < -0.39 is 31.4 Å². The minimum atomic E-state index is -4.59. The molecule has 0 bridgehead atoms. The van der Waals surface area contributed by atoms with Crippen LogP contribution in [0.3, 0.4) is 0 Å². The molecule has 2 aromatic heterocycles. The number of fused-ring (bicyclic) bond motifs is 2. The summed E-state index contributed by atoms with van der Waals surface area (Å²) >= 11 is 6.26. The van der Waals surface area contributed by atoms with E-state index in [1.807, 2.05) is 41.3 Å². The summed E-state index contributed by atoms with van der Waals surface area (Å²) in [6, 6.07) is 20.8. The maximum Gasteiger partial charge on any atom is 0.312 e. The second-order valence-corrected chi connectivity index (χ2v) is 19.9. The van der Waals surface area contributed by atoms with Crippen molar-refractivity contribution in [3.05, 3.63) is 111 Å². The van der Waals surface area contributed by atoms with E-state index in [1.165, 1.54) is 28.8 Å².